The minimum atomic E-state index is -3.14. The smallest absolute Gasteiger partial charge is 0.317 e. The van der Waals surface area contributed by atoms with E-state index in [9.17, 15) is 13.2 Å². The third kappa shape index (κ3) is 4.46. The summed E-state index contributed by atoms with van der Waals surface area (Å²) in [6.07, 6.45) is 7.99. The van der Waals surface area contributed by atoms with Gasteiger partial charge in [-0.25, -0.2) is 13.2 Å². The van der Waals surface area contributed by atoms with Gasteiger partial charge in [0.2, 0.25) is 0 Å². The van der Waals surface area contributed by atoms with E-state index in [1.54, 1.807) is 22.8 Å². The lowest BCUT2D eigenvalue weighted by molar-refractivity contribution is 0.198. The van der Waals surface area contributed by atoms with Crippen LogP contribution < -0.4 is 5.32 Å². The van der Waals surface area contributed by atoms with Crippen molar-refractivity contribution in [1.82, 2.24) is 20.0 Å². The second-order valence-electron chi connectivity index (χ2n) is 5.90. The summed E-state index contributed by atoms with van der Waals surface area (Å²) >= 11 is 0. The number of hydrogen-bond donors (Lipinski definition) is 1. The summed E-state index contributed by atoms with van der Waals surface area (Å²) in [4.78, 5) is 13.8. The zero-order chi connectivity index (χ0) is 16.2. The summed E-state index contributed by atoms with van der Waals surface area (Å²) in [6, 6.07) is 1.31. The Labute approximate surface area is 131 Å². The van der Waals surface area contributed by atoms with Gasteiger partial charge in [0.1, 0.15) is 0 Å². The van der Waals surface area contributed by atoms with E-state index in [1.165, 1.54) is 6.26 Å². The number of hydrogen-bond acceptors (Lipinski definition) is 4. The maximum absolute atomic E-state index is 12.2. The molecule has 22 heavy (non-hydrogen) atoms. The highest BCUT2D eigenvalue weighted by Gasteiger charge is 2.34. The van der Waals surface area contributed by atoms with Gasteiger partial charge in [0, 0.05) is 38.3 Å². The third-order valence-corrected chi connectivity index (χ3v) is 5.80. The van der Waals surface area contributed by atoms with Gasteiger partial charge in [-0.2, -0.15) is 5.10 Å². The molecule has 1 N–H and O–H groups in total. The molecular formula is C14H24N4O3S. The largest absolute Gasteiger partial charge is 0.334 e. The van der Waals surface area contributed by atoms with Gasteiger partial charge >= 0.3 is 6.03 Å². The second kappa shape index (κ2) is 7.13. The van der Waals surface area contributed by atoms with Crippen molar-refractivity contribution in [2.45, 2.75) is 43.5 Å². The molecular weight excluding hydrogens is 304 g/mol. The number of rotatable bonds is 5. The second-order valence-corrected chi connectivity index (χ2v) is 8.16. The van der Waals surface area contributed by atoms with Crippen LogP contribution in [0.3, 0.4) is 0 Å². The Bertz CT molecular complexity index is 585. The first-order valence-corrected chi connectivity index (χ1v) is 9.51. The maximum atomic E-state index is 12.2. The summed E-state index contributed by atoms with van der Waals surface area (Å²) in [5.74, 6) is 0. The molecule has 0 spiro atoms. The predicted octanol–water partition coefficient (Wildman–Crippen LogP) is 0.880. The van der Waals surface area contributed by atoms with Crippen molar-refractivity contribution in [1.29, 1.82) is 0 Å². The van der Waals surface area contributed by atoms with Crippen LogP contribution in [-0.4, -0.2) is 60.3 Å². The summed E-state index contributed by atoms with van der Waals surface area (Å²) < 4.78 is 25.5. The Kier molecular flexibility index (Phi) is 5.44. The molecule has 0 unspecified atom stereocenters. The standard InChI is InChI=1S/C14H24N4O3S/c1-17(10-11-18-9-5-8-15-18)14(19)16-12-6-3-4-7-13(12)22(2,20)21/h5,8-9,12-13H,3-4,6-7,10-11H2,1-2H3,(H,16,19)/t12-,13-/m1/s1. The molecule has 2 amide bonds. The minimum absolute atomic E-state index is 0.229. The molecule has 0 saturated heterocycles. The molecule has 2 atom stereocenters. The van der Waals surface area contributed by atoms with Crippen LogP contribution in [0, 0.1) is 0 Å². The quantitative estimate of drug-likeness (QED) is 0.869. The molecule has 1 fully saturated rings. The van der Waals surface area contributed by atoms with E-state index in [1.807, 2.05) is 12.3 Å². The highest BCUT2D eigenvalue weighted by atomic mass is 32.2. The summed E-state index contributed by atoms with van der Waals surface area (Å²) in [5, 5.41) is 6.50. The van der Waals surface area contributed by atoms with E-state index in [4.69, 9.17) is 0 Å². The maximum Gasteiger partial charge on any atom is 0.317 e. The molecule has 0 aliphatic heterocycles. The van der Waals surface area contributed by atoms with Gasteiger partial charge in [-0.1, -0.05) is 12.8 Å². The van der Waals surface area contributed by atoms with Gasteiger partial charge in [-0.3, -0.25) is 4.68 Å². The average Bonchev–Trinajstić information content (AvgIpc) is 2.97. The molecule has 7 nitrogen and oxygen atoms in total. The highest BCUT2D eigenvalue weighted by molar-refractivity contribution is 7.91. The van der Waals surface area contributed by atoms with Crippen molar-refractivity contribution in [3.63, 3.8) is 0 Å². The van der Waals surface area contributed by atoms with E-state index < -0.39 is 15.1 Å². The molecule has 124 valence electrons. The Morgan fingerprint density at radius 2 is 2.14 bits per heavy atom. The van der Waals surface area contributed by atoms with Crippen LogP contribution in [0.2, 0.25) is 0 Å². The Balaban J connectivity index is 1.88. The van der Waals surface area contributed by atoms with Gasteiger partial charge < -0.3 is 10.2 Å². The lowest BCUT2D eigenvalue weighted by Crippen LogP contribution is -2.52. The monoisotopic (exact) mass is 328 g/mol. The van der Waals surface area contributed by atoms with Crippen LogP contribution in [0.1, 0.15) is 25.7 Å². The van der Waals surface area contributed by atoms with Crippen molar-refractivity contribution in [3.05, 3.63) is 18.5 Å². The summed E-state index contributed by atoms with van der Waals surface area (Å²) in [5.41, 5.74) is 0. The van der Waals surface area contributed by atoms with Gasteiger partial charge in [0.05, 0.1) is 11.8 Å². The zero-order valence-corrected chi connectivity index (χ0v) is 13.9. The van der Waals surface area contributed by atoms with Crippen LogP contribution in [0.25, 0.3) is 0 Å². The molecule has 0 aromatic carbocycles. The van der Waals surface area contributed by atoms with Gasteiger partial charge in [0.25, 0.3) is 0 Å². The summed E-state index contributed by atoms with van der Waals surface area (Å²) in [7, 11) is -1.44. The first-order chi connectivity index (χ1) is 10.4. The molecule has 1 saturated carbocycles. The zero-order valence-electron chi connectivity index (χ0n) is 13.1. The number of sulfone groups is 1. The van der Waals surface area contributed by atoms with Crippen LogP contribution in [0.15, 0.2) is 18.5 Å². The van der Waals surface area contributed by atoms with Gasteiger partial charge in [-0.15, -0.1) is 0 Å². The van der Waals surface area contributed by atoms with Crippen molar-refractivity contribution in [3.8, 4) is 0 Å². The van der Waals surface area contributed by atoms with Crippen molar-refractivity contribution < 1.29 is 13.2 Å². The van der Waals surface area contributed by atoms with Crippen LogP contribution in [-0.2, 0) is 16.4 Å². The van der Waals surface area contributed by atoms with Crippen molar-refractivity contribution >= 4 is 15.9 Å². The molecule has 0 bridgehead atoms. The van der Waals surface area contributed by atoms with E-state index in [-0.39, 0.29) is 12.1 Å². The number of likely N-dealkylation sites (N-methyl/N-ethyl adjacent to an activating group) is 1. The Morgan fingerprint density at radius 3 is 2.77 bits per heavy atom. The highest BCUT2D eigenvalue weighted by Crippen LogP contribution is 2.24. The van der Waals surface area contributed by atoms with Crippen LogP contribution in [0.5, 0.6) is 0 Å². The van der Waals surface area contributed by atoms with E-state index >= 15 is 0 Å². The minimum Gasteiger partial charge on any atom is -0.334 e. The Morgan fingerprint density at radius 1 is 1.41 bits per heavy atom. The molecule has 1 aliphatic rings. The Hall–Kier alpha value is -1.57. The fourth-order valence-corrected chi connectivity index (χ4v) is 4.23. The molecule has 8 heteroatoms. The van der Waals surface area contributed by atoms with Crippen molar-refractivity contribution in [2.75, 3.05) is 19.8 Å². The molecule has 0 radical (unpaired) electrons. The van der Waals surface area contributed by atoms with Crippen LogP contribution in [0.4, 0.5) is 4.79 Å². The number of aromatic nitrogens is 2. The lowest BCUT2D eigenvalue weighted by atomic mass is 9.95. The lowest BCUT2D eigenvalue weighted by Gasteiger charge is -2.32. The molecule has 2 rings (SSSR count). The normalized spacial score (nSPS) is 22.3. The molecule has 1 aromatic heterocycles. The number of carbonyl (C=O) groups is 1. The number of nitrogens with zero attached hydrogens (tertiary/aromatic N) is 3. The van der Waals surface area contributed by atoms with Gasteiger partial charge in [0.15, 0.2) is 9.84 Å². The third-order valence-electron chi connectivity index (χ3n) is 4.13. The number of nitrogens with one attached hydrogen (secondary N) is 1. The van der Waals surface area contributed by atoms with E-state index in [2.05, 4.69) is 10.4 Å². The van der Waals surface area contributed by atoms with Gasteiger partial charge in [-0.05, 0) is 18.9 Å². The first kappa shape index (κ1) is 16.8. The summed E-state index contributed by atoms with van der Waals surface area (Å²) in [6.45, 7) is 1.13. The van der Waals surface area contributed by atoms with Crippen molar-refractivity contribution in [2.24, 2.45) is 0 Å². The van der Waals surface area contributed by atoms with Crippen LogP contribution >= 0.6 is 0 Å². The SMILES string of the molecule is CN(CCn1cccn1)C(=O)N[C@@H]1CCCC[C@H]1S(C)(=O)=O. The fraction of sp³-hybridized carbons (Fsp3) is 0.714. The first-order valence-electron chi connectivity index (χ1n) is 7.56. The van der Waals surface area contributed by atoms with E-state index in [0.29, 0.717) is 19.5 Å². The molecule has 1 heterocycles. The predicted molar refractivity (Wildman–Crippen MR) is 84.3 cm³/mol. The number of carbonyl (C=O) groups excluding carboxylic acids is 1. The fourth-order valence-electron chi connectivity index (χ4n) is 2.83. The molecule has 1 aromatic rings. The number of amides is 2. The van der Waals surface area contributed by atoms with E-state index in [0.717, 1.165) is 19.3 Å². The average molecular weight is 328 g/mol. The topological polar surface area (TPSA) is 84.3 Å². The number of urea groups is 1. The molecule has 1 aliphatic carbocycles.